The summed E-state index contributed by atoms with van der Waals surface area (Å²) in [4.78, 5) is 10.9. The van der Waals surface area contributed by atoms with Crippen LogP contribution in [-0.4, -0.2) is 24.2 Å². The molecular formula is C10H13NO3. The van der Waals surface area contributed by atoms with Crippen molar-refractivity contribution in [3.63, 3.8) is 0 Å². The molecular weight excluding hydrogens is 182 g/mol. The van der Waals surface area contributed by atoms with Crippen LogP contribution in [0.4, 0.5) is 0 Å². The van der Waals surface area contributed by atoms with Crippen molar-refractivity contribution in [3.8, 4) is 0 Å². The lowest BCUT2D eigenvalue weighted by Crippen LogP contribution is -2.35. The highest BCUT2D eigenvalue weighted by atomic mass is 16.5. The van der Waals surface area contributed by atoms with Gasteiger partial charge in [0, 0.05) is 7.11 Å². The number of nitrogens with two attached hydrogens (primary N) is 1. The quantitative estimate of drug-likeness (QED) is 0.721. The van der Waals surface area contributed by atoms with Crippen molar-refractivity contribution in [2.24, 2.45) is 5.73 Å². The fourth-order valence-electron chi connectivity index (χ4n) is 1.23. The molecule has 0 bridgehead atoms. The van der Waals surface area contributed by atoms with Crippen LogP contribution in [-0.2, 0) is 9.53 Å². The molecule has 1 aromatic rings. The number of aliphatic hydroxyl groups is 1. The second kappa shape index (κ2) is 4.74. The number of ether oxygens (including phenoxy) is 1. The lowest BCUT2D eigenvalue weighted by Gasteiger charge is -2.18. The van der Waals surface area contributed by atoms with Gasteiger partial charge in [-0.15, -0.1) is 0 Å². The van der Waals surface area contributed by atoms with E-state index in [9.17, 15) is 9.90 Å². The monoisotopic (exact) mass is 195 g/mol. The van der Waals surface area contributed by atoms with Crippen LogP contribution in [0.2, 0.25) is 0 Å². The molecule has 0 unspecified atom stereocenters. The average Bonchev–Trinajstić information content (AvgIpc) is 2.19. The Kier molecular flexibility index (Phi) is 3.62. The summed E-state index contributed by atoms with van der Waals surface area (Å²) in [5.41, 5.74) is 5.67. The molecule has 4 heteroatoms. The first-order valence-corrected chi connectivity index (χ1v) is 4.22. The highest BCUT2D eigenvalue weighted by Crippen LogP contribution is 2.17. The molecule has 1 rings (SSSR count). The van der Waals surface area contributed by atoms with E-state index in [0.717, 1.165) is 0 Å². The summed E-state index contributed by atoms with van der Waals surface area (Å²) in [6.45, 7) is 0. The van der Waals surface area contributed by atoms with Gasteiger partial charge in [-0.05, 0) is 5.56 Å². The zero-order chi connectivity index (χ0) is 10.6. The third kappa shape index (κ3) is 2.31. The molecule has 2 atom stereocenters. The van der Waals surface area contributed by atoms with E-state index < -0.39 is 18.1 Å². The first kappa shape index (κ1) is 10.7. The van der Waals surface area contributed by atoms with Crippen LogP contribution in [0.15, 0.2) is 30.3 Å². The van der Waals surface area contributed by atoms with E-state index in [1.54, 1.807) is 24.3 Å². The molecule has 0 aromatic heterocycles. The van der Waals surface area contributed by atoms with Crippen LogP contribution in [0.25, 0.3) is 0 Å². The highest BCUT2D eigenvalue weighted by molar-refractivity contribution is 5.79. The maximum absolute atomic E-state index is 10.9. The minimum Gasteiger partial charge on any atom is -0.385 e. The van der Waals surface area contributed by atoms with Gasteiger partial charge in [-0.2, -0.15) is 0 Å². The first-order valence-electron chi connectivity index (χ1n) is 4.22. The number of carbonyl (C=O) groups excluding carboxylic acids is 1. The van der Waals surface area contributed by atoms with Crippen LogP contribution < -0.4 is 5.73 Å². The Bertz CT molecular complexity index is 299. The molecule has 0 aliphatic heterocycles. The van der Waals surface area contributed by atoms with E-state index in [1.165, 1.54) is 7.11 Å². The summed E-state index contributed by atoms with van der Waals surface area (Å²) in [5, 5.41) is 9.72. The Hall–Kier alpha value is -1.39. The van der Waals surface area contributed by atoms with E-state index >= 15 is 0 Å². The minimum atomic E-state index is -1.02. The fraction of sp³-hybridized carbons (Fsp3) is 0.300. The van der Waals surface area contributed by atoms with Gasteiger partial charge in [0.1, 0.15) is 6.10 Å². The third-order valence-electron chi connectivity index (χ3n) is 1.96. The Balaban J connectivity index is 2.83. The molecule has 76 valence electrons. The average molecular weight is 195 g/mol. The van der Waals surface area contributed by atoms with E-state index in [0.29, 0.717) is 5.56 Å². The van der Waals surface area contributed by atoms with Crippen molar-refractivity contribution in [2.45, 2.75) is 12.2 Å². The number of carbonyl (C=O) groups is 1. The van der Waals surface area contributed by atoms with Gasteiger partial charge in [-0.3, -0.25) is 4.79 Å². The Labute approximate surface area is 82.3 Å². The molecule has 1 aromatic carbocycles. The summed E-state index contributed by atoms with van der Waals surface area (Å²) >= 11 is 0. The molecule has 1 amide bonds. The summed E-state index contributed by atoms with van der Waals surface area (Å²) in [5.74, 6) is -0.677. The van der Waals surface area contributed by atoms with E-state index in [2.05, 4.69) is 0 Å². The van der Waals surface area contributed by atoms with Gasteiger partial charge in [0.25, 0.3) is 0 Å². The van der Waals surface area contributed by atoms with E-state index in [-0.39, 0.29) is 0 Å². The predicted octanol–water partition coefficient (Wildman–Crippen LogP) is 0.220. The van der Waals surface area contributed by atoms with E-state index in [1.807, 2.05) is 6.07 Å². The Morgan fingerprint density at radius 2 is 2.00 bits per heavy atom. The van der Waals surface area contributed by atoms with Crippen LogP contribution in [0, 0.1) is 0 Å². The van der Waals surface area contributed by atoms with Gasteiger partial charge >= 0.3 is 0 Å². The summed E-state index contributed by atoms with van der Waals surface area (Å²) in [6, 6.07) is 8.78. The molecule has 3 N–H and O–H groups in total. The molecule has 0 saturated carbocycles. The van der Waals surface area contributed by atoms with Crippen molar-refractivity contribution < 1.29 is 14.6 Å². The summed E-state index contributed by atoms with van der Waals surface area (Å²) < 4.78 is 4.80. The molecule has 14 heavy (non-hydrogen) atoms. The number of hydrogen-bond acceptors (Lipinski definition) is 3. The van der Waals surface area contributed by atoms with Gasteiger partial charge in [0.2, 0.25) is 5.91 Å². The number of benzene rings is 1. The molecule has 0 spiro atoms. The molecule has 0 aliphatic carbocycles. The second-order valence-electron chi connectivity index (χ2n) is 2.91. The molecule has 0 aliphatic rings. The normalized spacial score (nSPS) is 14.7. The Morgan fingerprint density at radius 1 is 1.43 bits per heavy atom. The van der Waals surface area contributed by atoms with Crippen molar-refractivity contribution in [2.75, 3.05) is 7.11 Å². The lowest BCUT2D eigenvalue weighted by atomic mass is 10.0. The van der Waals surface area contributed by atoms with Gasteiger partial charge in [0.05, 0.1) is 0 Å². The van der Waals surface area contributed by atoms with E-state index in [4.69, 9.17) is 10.5 Å². The van der Waals surface area contributed by atoms with Gasteiger partial charge in [-0.25, -0.2) is 0 Å². The van der Waals surface area contributed by atoms with Crippen molar-refractivity contribution in [1.82, 2.24) is 0 Å². The topological polar surface area (TPSA) is 72.5 Å². The SMILES string of the molecule is CO[C@@H](C(N)=O)[C@H](O)c1ccccc1. The number of rotatable bonds is 4. The fourth-order valence-corrected chi connectivity index (χ4v) is 1.23. The second-order valence-corrected chi connectivity index (χ2v) is 2.91. The maximum Gasteiger partial charge on any atom is 0.249 e. The van der Waals surface area contributed by atoms with Gasteiger partial charge in [0.15, 0.2) is 6.10 Å². The predicted molar refractivity (Wildman–Crippen MR) is 51.4 cm³/mol. The number of hydrogen-bond donors (Lipinski definition) is 2. The molecule has 0 radical (unpaired) electrons. The molecule has 4 nitrogen and oxygen atoms in total. The van der Waals surface area contributed by atoms with Gasteiger partial charge < -0.3 is 15.6 Å². The maximum atomic E-state index is 10.9. The smallest absolute Gasteiger partial charge is 0.249 e. The zero-order valence-electron chi connectivity index (χ0n) is 7.88. The van der Waals surface area contributed by atoms with Crippen LogP contribution >= 0.6 is 0 Å². The Morgan fingerprint density at radius 3 is 2.43 bits per heavy atom. The third-order valence-corrected chi connectivity index (χ3v) is 1.96. The number of methoxy groups -OCH3 is 1. The molecule has 0 fully saturated rings. The van der Waals surface area contributed by atoms with Crippen LogP contribution in [0.1, 0.15) is 11.7 Å². The summed E-state index contributed by atoms with van der Waals surface area (Å²) in [6.07, 6.45) is -2.02. The first-order chi connectivity index (χ1) is 6.66. The van der Waals surface area contributed by atoms with Crippen molar-refractivity contribution >= 4 is 5.91 Å². The molecule has 0 heterocycles. The number of aliphatic hydroxyl groups excluding tert-OH is 1. The zero-order valence-corrected chi connectivity index (χ0v) is 7.88. The van der Waals surface area contributed by atoms with Crippen LogP contribution in [0.3, 0.4) is 0 Å². The van der Waals surface area contributed by atoms with Crippen LogP contribution in [0.5, 0.6) is 0 Å². The lowest BCUT2D eigenvalue weighted by molar-refractivity contribution is -0.134. The number of amides is 1. The largest absolute Gasteiger partial charge is 0.385 e. The van der Waals surface area contributed by atoms with Gasteiger partial charge in [-0.1, -0.05) is 30.3 Å². The number of primary amides is 1. The molecule has 0 saturated heterocycles. The minimum absolute atomic E-state index is 0.609. The van der Waals surface area contributed by atoms with Crippen molar-refractivity contribution in [3.05, 3.63) is 35.9 Å². The summed E-state index contributed by atoms with van der Waals surface area (Å²) in [7, 11) is 1.33. The highest BCUT2D eigenvalue weighted by Gasteiger charge is 2.25. The van der Waals surface area contributed by atoms with Crippen molar-refractivity contribution in [1.29, 1.82) is 0 Å². The standard InChI is InChI=1S/C10H13NO3/c1-14-9(10(11)13)8(12)7-5-3-2-4-6-7/h2-6,8-9,12H,1H3,(H2,11,13)/t8-,9-/m1/s1.